The van der Waals surface area contributed by atoms with E-state index in [-0.39, 0.29) is 6.04 Å². The summed E-state index contributed by atoms with van der Waals surface area (Å²) in [5.74, 6) is 0.753. The van der Waals surface area contributed by atoms with Gasteiger partial charge in [-0.2, -0.15) is 10.1 Å². The van der Waals surface area contributed by atoms with Gasteiger partial charge in [-0.15, -0.1) is 0 Å². The summed E-state index contributed by atoms with van der Waals surface area (Å²) >= 11 is 3.51. The van der Waals surface area contributed by atoms with E-state index < -0.39 is 0 Å². The zero-order chi connectivity index (χ0) is 17.5. The summed E-state index contributed by atoms with van der Waals surface area (Å²) in [7, 11) is 0. The van der Waals surface area contributed by atoms with Crippen molar-refractivity contribution < 1.29 is 0 Å². The number of anilines is 1. The minimum atomic E-state index is -0.00387. The molecule has 1 N–H and O–H groups in total. The van der Waals surface area contributed by atoms with Crippen molar-refractivity contribution in [1.82, 2.24) is 14.8 Å². The summed E-state index contributed by atoms with van der Waals surface area (Å²) in [5, 5.41) is 10.3. The first-order valence-electron chi connectivity index (χ1n) is 8.41. The van der Waals surface area contributed by atoms with Crippen LogP contribution in [-0.2, 0) is 0 Å². The van der Waals surface area contributed by atoms with Crippen molar-refractivity contribution in [2.24, 2.45) is 0 Å². The molecule has 0 aliphatic carbocycles. The maximum atomic E-state index is 4.41. The van der Waals surface area contributed by atoms with E-state index in [9.17, 15) is 0 Å². The number of nitrogens with one attached hydrogen (secondary N) is 1. The van der Waals surface area contributed by atoms with Crippen molar-refractivity contribution in [2.75, 3.05) is 5.32 Å². The second-order valence-electron chi connectivity index (χ2n) is 6.26. The summed E-state index contributed by atoms with van der Waals surface area (Å²) in [6.45, 7) is 0. The third-order valence-electron chi connectivity index (χ3n) is 4.70. The molecule has 3 aromatic carbocycles. The molecule has 1 aromatic heterocycles. The molecule has 4 aromatic rings. The van der Waals surface area contributed by atoms with E-state index in [1.165, 1.54) is 21.9 Å². The van der Waals surface area contributed by atoms with Crippen LogP contribution in [0.2, 0.25) is 0 Å². The molecule has 0 saturated heterocycles. The lowest BCUT2D eigenvalue weighted by molar-refractivity contribution is 0.612. The van der Waals surface area contributed by atoms with Crippen LogP contribution in [0.1, 0.15) is 17.2 Å². The van der Waals surface area contributed by atoms with Crippen molar-refractivity contribution in [3.8, 4) is 0 Å². The van der Waals surface area contributed by atoms with Crippen molar-refractivity contribution in [2.45, 2.75) is 6.04 Å². The number of allylic oxidation sites excluding steroid dienone is 1. The average Bonchev–Trinajstić information content (AvgIpc) is 3.16. The fourth-order valence-electron chi connectivity index (χ4n) is 3.45. The van der Waals surface area contributed by atoms with Gasteiger partial charge in [-0.05, 0) is 34.5 Å². The summed E-state index contributed by atoms with van der Waals surface area (Å²) < 4.78 is 2.98. The van der Waals surface area contributed by atoms with Gasteiger partial charge in [0.15, 0.2) is 0 Å². The van der Waals surface area contributed by atoms with Crippen LogP contribution in [0.4, 0.5) is 5.95 Å². The van der Waals surface area contributed by atoms with Crippen LogP contribution in [0.5, 0.6) is 0 Å². The van der Waals surface area contributed by atoms with Crippen LogP contribution in [0.15, 0.2) is 83.6 Å². The highest BCUT2D eigenvalue weighted by Crippen LogP contribution is 2.34. The molecule has 126 valence electrons. The van der Waals surface area contributed by atoms with E-state index >= 15 is 0 Å². The lowest BCUT2D eigenvalue weighted by Crippen LogP contribution is -2.20. The molecule has 0 spiro atoms. The maximum Gasteiger partial charge on any atom is 0.226 e. The van der Waals surface area contributed by atoms with E-state index in [0.29, 0.717) is 0 Å². The van der Waals surface area contributed by atoms with Gasteiger partial charge in [0.05, 0.1) is 0 Å². The Hall–Kier alpha value is -2.92. The molecule has 2 heterocycles. The highest BCUT2D eigenvalue weighted by Gasteiger charge is 2.24. The first-order chi connectivity index (χ1) is 12.8. The highest BCUT2D eigenvalue weighted by molar-refractivity contribution is 9.10. The Bertz CT molecular complexity index is 1120. The molecular formula is C21H15BrN4. The zero-order valence-electron chi connectivity index (χ0n) is 13.8. The van der Waals surface area contributed by atoms with Crippen LogP contribution < -0.4 is 5.32 Å². The normalized spacial score (nSPS) is 16.0. The predicted molar refractivity (Wildman–Crippen MR) is 108 cm³/mol. The van der Waals surface area contributed by atoms with Crippen LogP contribution in [0.3, 0.4) is 0 Å². The molecule has 5 heteroatoms. The molecular weight excluding hydrogens is 388 g/mol. The smallest absolute Gasteiger partial charge is 0.226 e. The minimum Gasteiger partial charge on any atom is -0.324 e. The monoisotopic (exact) mass is 402 g/mol. The van der Waals surface area contributed by atoms with Crippen molar-refractivity contribution >= 4 is 38.3 Å². The summed E-state index contributed by atoms with van der Waals surface area (Å²) in [6.07, 6.45) is 3.81. The van der Waals surface area contributed by atoms with Gasteiger partial charge in [0.25, 0.3) is 0 Å². The maximum absolute atomic E-state index is 4.41. The molecule has 5 rings (SSSR count). The fraction of sp³-hybridized carbons (Fsp3) is 0.0476. The van der Waals surface area contributed by atoms with Gasteiger partial charge < -0.3 is 5.32 Å². The van der Waals surface area contributed by atoms with E-state index in [4.69, 9.17) is 0 Å². The number of nitrogens with zero attached hydrogens (tertiary/aromatic N) is 3. The number of hydrogen-bond donors (Lipinski definition) is 1. The largest absolute Gasteiger partial charge is 0.324 e. The van der Waals surface area contributed by atoms with E-state index in [2.05, 4.69) is 104 Å². The zero-order valence-corrected chi connectivity index (χ0v) is 15.4. The summed E-state index contributed by atoms with van der Waals surface area (Å²) in [4.78, 5) is 4.40. The highest BCUT2D eigenvalue weighted by atomic mass is 79.9. The molecule has 0 unspecified atom stereocenters. The number of hydrogen-bond acceptors (Lipinski definition) is 3. The molecule has 4 nitrogen and oxygen atoms in total. The van der Waals surface area contributed by atoms with Crippen LogP contribution in [0, 0.1) is 0 Å². The lowest BCUT2D eigenvalue weighted by Gasteiger charge is -2.25. The van der Waals surface area contributed by atoms with Gasteiger partial charge in [-0.3, -0.25) is 0 Å². The summed E-state index contributed by atoms with van der Waals surface area (Å²) in [6, 6.07) is 23.1. The summed E-state index contributed by atoms with van der Waals surface area (Å²) in [5.41, 5.74) is 3.38. The fourth-order valence-corrected chi connectivity index (χ4v) is 3.71. The molecule has 0 radical (unpaired) electrons. The number of aromatic nitrogens is 3. The molecule has 1 aliphatic rings. The Labute approximate surface area is 159 Å². The molecule has 0 bridgehead atoms. The molecule has 0 fully saturated rings. The van der Waals surface area contributed by atoms with E-state index in [1.54, 1.807) is 6.33 Å². The van der Waals surface area contributed by atoms with Gasteiger partial charge >= 0.3 is 0 Å². The minimum absolute atomic E-state index is 0.00387. The molecule has 0 amide bonds. The van der Waals surface area contributed by atoms with E-state index in [1.807, 2.05) is 4.68 Å². The van der Waals surface area contributed by atoms with Gasteiger partial charge in [-0.25, -0.2) is 4.68 Å². The Morgan fingerprint density at radius 1 is 0.923 bits per heavy atom. The second kappa shape index (κ2) is 6.11. The topological polar surface area (TPSA) is 42.7 Å². The van der Waals surface area contributed by atoms with Crippen LogP contribution >= 0.6 is 15.9 Å². The van der Waals surface area contributed by atoms with Crippen molar-refractivity contribution in [1.29, 1.82) is 0 Å². The average molecular weight is 403 g/mol. The Balaban J connectivity index is 1.68. The first-order valence-corrected chi connectivity index (χ1v) is 9.21. The number of rotatable bonds is 2. The number of benzene rings is 3. The van der Waals surface area contributed by atoms with E-state index in [0.717, 1.165) is 16.1 Å². The molecule has 26 heavy (non-hydrogen) atoms. The SMILES string of the molecule is Brc1ccc([C@H]2C=C(c3cccc4ccccc34)Nc3ncnn32)cc1. The van der Waals surface area contributed by atoms with Gasteiger partial charge in [-0.1, -0.05) is 70.5 Å². The quantitative estimate of drug-likeness (QED) is 0.497. The first kappa shape index (κ1) is 15.3. The third-order valence-corrected chi connectivity index (χ3v) is 5.23. The number of fused-ring (bicyclic) bond motifs is 2. The van der Waals surface area contributed by atoms with Crippen LogP contribution in [0.25, 0.3) is 16.5 Å². The van der Waals surface area contributed by atoms with Crippen LogP contribution in [-0.4, -0.2) is 14.8 Å². The molecule has 1 aliphatic heterocycles. The van der Waals surface area contributed by atoms with Gasteiger partial charge in [0, 0.05) is 15.7 Å². The van der Waals surface area contributed by atoms with Gasteiger partial charge in [0.1, 0.15) is 12.4 Å². The van der Waals surface area contributed by atoms with Crippen molar-refractivity contribution in [3.63, 3.8) is 0 Å². The second-order valence-corrected chi connectivity index (χ2v) is 7.17. The molecule has 1 atom stereocenters. The Morgan fingerprint density at radius 3 is 2.62 bits per heavy atom. The standard InChI is InChI=1S/C21H15BrN4/c22-16-10-8-15(9-11-16)20-12-19(25-21-23-13-24-26(20)21)18-7-3-5-14-4-1-2-6-17(14)18/h1-13,20H,(H,23,24,25)/t20-/m1/s1. The van der Waals surface area contributed by atoms with Crippen molar-refractivity contribution in [3.05, 3.63) is 94.7 Å². The predicted octanol–water partition coefficient (Wildman–Crippen LogP) is 5.25. The Morgan fingerprint density at radius 2 is 1.73 bits per heavy atom. The lowest BCUT2D eigenvalue weighted by atomic mass is 9.98. The third kappa shape index (κ3) is 2.52. The Kier molecular flexibility index (Phi) is 3.60. The molecule has 0 saturated carbocycles. The van der Waals surface area contributed by atoms with Gasteiger partial charge in [0.2, 0.25) is 5.95 Å². The number of halogens is 1.